The van der Waals surface area contributed by atoms with Crippen LogP contribution in [0.3, 0.4) is 0 Å². The Morgan fingerprint density at radius 1 is 1.37 bits per heavy atom. The number of likely N-dealkylation sites (tertiary alicyclic amines) is 1. The topological polar surface area (TPSA) is 54.3 Å². The second-order valence-electron chi connectivity index (χ2n) is 5.23. The maximum atomic E-state index is 11.9. The predicted molar refractivity (Wildman–Crippen MR) is 72.7 cm³/mol. The first-order valence-corrected chi connectivity index (χ1v) is 6.72. The average Bonchev–Trinajstić information content (AvgIpc) is 2.83. The van der Waals surface area contributed by atoms with E-state index >= 15 is 0 Å². The van der Waals surface area contributed by atoms with Gasteiger partial charge in [0, 0.05) is 46.0 Å². The van der Waals surface area contributed by atoms with Crippen LogP contribution in [0.4, 0.5) is 0 Å². The molecule has 0 unspecified atom stereocenters. The average molecular weight is 263 g/mol. The molecule has 0 spiro atoms. The van der Waals surface area contributed by atoms with Crippen LogP contribution in [0.5, 0.6) is 0 Å². The first kappa shape index (κ1) is 13.6. The summed E-state index contributed by atoms with van der Waals surface area (Å²) in [5.74, 6) is 0.602. The molecular formula is C14H21N3O2. The van der Waals surface area contributed by atoms with Crippen molar-refractivity contribution >= 4 is 11.8 Å². The van der Waals surface area contributed by atoms with Gasteiger partial charge in [-0.3, -0.25) is 9.59 Å². The van der Waals surface area contributed by atoms with E-state index < -0.39 is 0 Å². The number of nitrogens with zero attached hydrogens (tertiary/aromatic N) is 2. The number of hydrogen-bond acceptors (Lipinski definition) is 2. The van der Waals surface area contributed by atoms with Crippen LogP contribution < -0.4 is 5.32 Å². The first-order valence-electron chi connectivity index (χ1n) is 6.72. The van der Waals surface area contributed by atoms with Crippen molar-refractivity contribution in [3.05, 3.63) is 24.0 Å². The van der Waals surface area contributed by atoms with Gasteiger partial charge in [0.1, 0.15) is 0 Å². The molecule has 1 saturated heterocycles. The summed E-state index contributed by atoms with van der Waals surface area (Å²) in [4.78, 5) is 25.0. The number of carbonyl (C=O) groups excluding carboxylic acids is 2. The fourth-order valence-electron chi connectivity index (χ4n) is 2.43. The predicted octanol–water partition coefficient (Wildman–Crippen LogP) is 1.01. The Morgan fingerprint density at radius 2 is 2.05 bits per heavy atom. The minimum atomic E-state index is -0.0189. The lowest BCUT2D eigenvalue weighted by molar-refractivity contribution is -0.130. The highest BCUT2D eigenvalue weighted by atomic mass is 16.2. The summed E-state index contributed by atoms with van der Waals surface area (Å²) in [6.07, 6.45) is 5.61. The van der Waals surface area contributed by atoms with E-state index in [0.29, 0.717) is 18.0 Å². The van der Waals surface area contributed by atoms with Crippen molar-refractivity contribution in [3.63, 3.8) is 0 Å². The molecule has 0 aromatic carbocycles. The first-order chi connectivity index (χ1) is 9.06. The molecule has 1 aliphatic heterocycles. The van der Waals surface area contributed by atoms with Crippen molar-refractivity contribution in [2.45, 2.75) is 19.8 Å². The highest BCUT2D eigenvalue weighted by Crippen LogP contribution is 2.16. The molecule has 0 atom stereocenters. The number of aromatic nitrogens is 1. The Balaban J connectivity index is 1.75. The van der Waals surface area contributed by atoms with Gasteiger partial charge < -0.3 is 14.8 Å². The number of rotatable bonds is 3. The van der Waals surface area contributed by atoms with E-state index in [0.717, 1.165) is 25.9 Å². The maximum absolute atomic E-state index is 11.9. The van der Waals surface area contributed by atoms with Crippen molar-refractivity contribution < 1.29 is 9.59 Å². The minimum Gasteiger partial charge on any atom is -0.356 e. The molecule has 2 rings (SSSR count). The van der Waals surface area contributed by atoms with Gasteiger partial charge in [-0.05, 0) is 24.8 Å². The molecule has 104 valence electrons. The van der Waals surface area contributed by atoms with Crippen LogP contribution in [0.1, 0.15) is 30.1 Å². The zero-order valence-electron chi connectivity index (χ0n) is 11.6. The number of nitrogens with one attached hydrogen (secondary N) is 1. The summed E-state index contributed by atoms with van der Waals surface area (Å²) in [6.45, 7) is 3.92. The van der Waals surface area contributed by atoms with Crippen molar-refractivity contribution in [1.29, 1.82) is 0 Å². The molecular weight excluding hydrogens is 242 g/mol. The molecule has 5 heteroatoms. The third kappa shape index (κ3) is 3.59. The molecule has 2 amide bonds. The molecule has 1 fully saturated rings. The lowest BCUT2D eigenvalue weighted by atomic mass is 9.96. The van der Waals surface area contributed by atoms with Gasteiger partial charge in [0.15, 0.2) is 0 Å². The summed E-state index contributed by atoms with van der Waals surface area (Å²) in [7, 11) is 1.90. The number of amides is 2. The van der Waals surface area contributed by atoms with Gasteiger partial charge in [-0.2, -0.15) is 0 Å². The van der Waals surface area contributed by atoms with Crippen molar-refractivity contribution in [3.8, 4) is 0 Å². The molecule has 1 N–H and O–H groups in total. The highest BCUT2D eigenvalue weighted by Gasteiger charge is 2.21. The van der Waals surface area contributed by atoms with Crippen LogP contribution >= 0.6 is 0 Å². The second kappa shape index (κ2) is 5.91. The van der Waals surface area contributed by atoms with Gasteiger partial charge in [-0.15, -0.1) is 0 Å². The van der Waals surface area contributed by atoms with Crippen LogP contribution in [-0.4, -0.2) is 40.9 Å². The summed E-state index contributed by atoms with van der Waals surface area (Å²) in [6, 6.07) is 1.81. The third-order valence-corrected chi connectivity index (χ3v) is 3.71. The van der Waals surface area contributed by atoms with E-state index in [1.54, 1.807) is 6.92 Å². The van der Waals surface area contributed by atoms with E-state index in [2.05, 4.69) is 5.32 Å². The smallest absolute Gasteiger partial charge is 0.252 e. The standard InChI is InChI=1S/C14H21N3O2/c1-11(18)17-7-3-12(4-8-17)9-15-14(19)13-5-6-16(2)10-13/h5-6,10,12H,3-4,7-9H2,1-2H3,(H,15,19). The fourth-order valence-corrected chi connectivity index (χ4v) is 2.43. The van der Waals surface area contributed by atoms with Gasteiger partial charge in [-0.1, -0.05) is 0 Å². The van der Waals surface area contributed by atoms with Crippen molar-refractivity contribution in [2.75, 3.05) is 19.6 Å². The molecule has 0 bridgehead atoms. The Kier molecular flexibility index (Phi) is 4.24. The quantitative estimate of drug-likeness (QED) is 0.885. The Bertz CT molecular complexity index is 459. The zero-order valence-corrected chi connectivity index (χ0v) is 11.6. The number of piperidine rings is 1. The zero-order chi connectivity index (χ0) is 13.8. The Hall–Kier alpha value is -1.78. The van der Waals surface area contributed by atoms with Gasteiger partial charge in [0.25, 0.3) is 5.91 Å². The molecule has 2 heterocycles. The van der Waals surface area contributed by atoms with E-state index in [1.165, 1.54) is 0 Å². The third-order valence-electron chi connectivity index (χ3n) is 3.71. The number of aryl methyl sites for hydroxylation is 1. The number of hydrogen-bond donors (Lipinski definition) is 1. The van der Waals surface area contributed by atoms with Crippen LogP contribution in [0.25, 0.3) is 0 Å². The van der Waals surface area contributed by atoms with Crippen LogP contribution in [0, 0.1) is 5.92 Å². The summed E-state index contributed by atoms with van der Waals surface area (Å²) < 4.78 is 1.86. The Morgan fingerprint density at radius 3 is 2.58 bits per heavy atom. The molecule has 1 aromatic heterocycles. The van der Waals surface area contributed by atoms with E-state index in [-0.39, 0.29) is 11.8 Å². The SMILES string of the molecule is CC(=O)N1CCC(CNC(=O)c2ccn(C)c2)CC1. The molecule has 0 saturated carbocycles. The normalized spacial score (nSPS) is 16.4. The van der Waals surface area contributed by atoms with E-state index in [1.807, 2.05) is 35.0 Å². The van der Waals surface area contributed by atoms with Crippen LogP contribution in [-0.2, 0) is 11.8 Å². The fraction of sp³-hybridized carbons (Fsp3) is 0.571. The molecule has 5 nitrogen and oxygen atoms in total. The van der Waals surface area contributed by atoms with E-state index in [9.17, 15) is 9.59 Å². The van der Waals surface area contributed by atoms with Gasteiger partial charge in [-0.25, -0.2) is 0 Å². The summed E-state index contributed by atoms with van der Waals surface area (Å²) in [5, 5.41) is 2.97. The molecule has 0 radical (unpaired) electrons. The lowest BCUT2D eigenvalue weighted by Gasteiger charge is -2.31. The summed E-state index contributed by atoms with van der Waals surface area (Å²) in [5.41, 5.74) is 0.698. The molecule has 0 aliphatic carbocycles. The van der Waals surface area contributed by atoms with E-state index in [4.69, 9.17) is 0 Å². The van der Waals surface area contributed by atoms with Crippen molar-refractivity contribution in [2.24, 2.45) is 13.0 Å². The number of carbonyl (C=O) groups is 2. The maximum Gasteiger partial charge on any atom is 0.252 e. The van der Waals surface area contributed by atoms with Gasteiger partial charge >= 0.3 is 0 Å². The molecule has 1 aromatic rings. The minimum absolute atomic E-state index is 0.0189. The highest BCUT2D eigenvalue weighted by molar-refractivity contribution is 5.93. The van der Waals surface area contributed by atoms with Gasteiger partial charge in [0.2, 0.25) is 5.91 Å². The molecule has 1 aliphatic rings. The molecule has 19 heavy (non-hydrogen) atoms. The van der Waals surface area contributed by atoms with Gasteiger partial charge in [0.05, 0.1) is 5.56 Å². The van der Waals surface area contributed by atoms with Crippen LogP contribution in [0.15, 0.2) is 18.5 Å². The lowest BCUT2D eigenvalue weighted by Crippen LogP contribution is -2.40. The van der Waals surface area contributed by atoms with Crippen LogP contribution in [0.2, 0.25) is 0 Å². The summed E-state index contributed by atoms with van der Waals surface area (Å²) >= 11 is 0. The monoisotopic (exact) mass is 263 g/mol. The largest absolute Gasteiger partial charge is 0.356 e. The second-order valence-corrected chi connectivity index (χ2v) is 5.23. The Labute approximate surface area is 113 Å². The van der Waals surface area contributed by atoms with Crippen molar-refractivity contribution in [1.82, 2.24) is 14.8 Å².